The fourth-order valence-corrected chi connectivity index (χ4v) is 2.92. The van der Waals surface area contributed by atoms with Gasteiger partial charge in [-0.3, -0.25) is 4.79 Å². The Morgan fingerprint density at radius 1 is 1.44 bits per heavy atom. The number of carbonyl (C=O) groups excluding carboxylic acids is 1. The molecule has 2 aliphatic heterocycles. The van der Waals surface area contributed by atoms with E-state index >= 15 is 0 Å². The van der Waals surface area contributed by atoms with Gasteiger partial charge in [0.25, 0.3) is 0 Å². The van der Waals surface area contributed by atoms with E-state index in [4.69, 9.17) is 0 Å². The van der Waals surface area contributed by atoms with Crippen molar-refractivity contribution < 1.29 is 4.79 Å². The van der Waals surface area contributed by atoms with Crippen LogP contribution in [0.2, 0.25) is 0 Å². The Bertz CT molecular complexity index is 442. The molecule has 0 aliphatic carbocycles. The van der Waals surface area contributed by atoms with Crippen LogP contribution in [0.25, 0.3) is 0 Å². The van der Waals surface area contributed by atoms with Gasteiger partial charge in [0, 0.05) is 31.5 Å². The summed E-state index contributed by atoms with van der Waals surface area (Å²) in [6, 6.07) is 0.467. The lowest BCUT2D eigenvalue weighted by atomic mass is 9.98. The van der Waals surface area contributed by atoms with Gasteiger partial charge in [-0.2, -0.15) is 0 Å². The number of hydrogen-bond donors (Lipinski definition) is 1. The Morgan fingerprint density at radius 3 is 3.17 bits per heavy atom. The highest BCUT2D eigenvalue weighted by Crippen LogP contribution is 2.17. The zero-order valence-electron chi connectivity index (χ0n) is 10.8. The van der Waals surface area contributed by atoms with Crippen LogP contribution < -0.4 is 5.32 Å². The Morgan fingerprint density at radius 2 is 2.33 bits per heavy atom. The molecular weight excluding hydrogens is 228 g/mol. The second kappa shape index (κ2) is 4.72. The first-order chi connectivity index (χ1) is 8.74. The first-order valence-electron chi connectivity index (χ1n) is 6.79. The highest BCUT2D eigenvalue weighted by molar-refractivity contribution is 5.82. The summed E-state index contributed by atoms with van der Waals surface area (Å²) >= 11 is 0. The van der Waals surface area contributed by atoms with Gasteiger partial charge in [0.05, 0.1) is 12.6 Å². The van der Waals surface area contributed by atoms with E-state index in [-0.39, 0.29) is 11.9 Å². The molecule has 2 atom stereocenters. The molecule has 1 saturated heterocycles. The molecule has 1 fully saturated rings. The molecule has 98 valence electrons. The van der Waals surface area contributed by atoms with Crippen LogP contribution in [-0.2, 0) is 17.9 Å². The molecule has 3 rings (SSSR count). The van der Waals surface area contributed by atoms with Crippen molar-refractivity contribution in [2.45, 2.75) is 51.4 Å². The van der Waals surface area contributed by atoms with E-state index < -0.39 is 0 Å². The zero-order chi connectivity index (χ0) is 12.5. The SMILES string of the molecule is CC1CCCC(C(=O)N2CCn3ccnc3C2)N1. The number of imidazole rings is 1. The molecule has 2 aliphatic rings. The van der Waals surface area contributed by atoms with Crippen molar-refractivity contribution in [1.29, 1.82) is 0 Å². The summed E-state index contributed by atoms with van der Waals surface area (Å²) in [4.78, 5) is 18.7. The maximum atomic E-state index is 12.5. The number of aromatic nitrogens is 2. The lowest BCUT2D eigenvalue weighted by Gasteiger charge is -2.34. The summed E-state index contributed by atoms with van der Waals surface area (Å²) in [6.07, 6.45) is 7.08. The molecule has 2 unspecified atom stereocenters. The van der Waals surface area contributed by atoms with Gasteiger partial charge in [0.1, 0.15) is 5.82 Å². The number of carbonyl (C=O) groups is 1. The predicted molar refractivity (Wildman–Crippen MR) is 67.9 cm³/mol. The van der Waals surface area contributed by atoms with Crippen molar-refractivity contribution in [1.82, 2.24) is 19.8 Å². The molecule has 5 heteroatoms. The van der Waals surface area contributed by atoms with Gasteiger partial charge in [-0.25, -0.2) is 4.98 Å². The summed E-state index contributed by atoms with van der Waals surface area (Å²) < 4.78 is 2.13. The van der Waals surface area contributed by atoms with E-state index in [0.29, 0.717) is 12.6 Å². The predicted octanol–water partition coefficient (Wildman–Crippen LogP) is 0.756. The van der Waals surface area contributed by atoms with E-state index in [1.54, 1.807) is 0 Å². The lowest BCUT2D eigenvalue weighted by Crippen LogP contribution is -2.52. The third kappa shape index (κ3) is 2.14. The molecule has 18 heavy (non-hydrogen) atoms. The van der Waals surface area contributed by atoms with Gasteiger partial charge in [-0.05, 0) is 26.2 Å². The minimum atomic E-state index is 0.00950. The van der Waals surface area contributed by atoms with Gasteiger partial charge >= 0.3 is 0 Å². The zero-order valence-corrected chi connectivity index (χ0v) is 10.8. The van der Waals surface area contributed by atoms with Crippen LogP contribution in [-0.4, -0.2) is 39.0 Å². The lowest BCUT2D eigenvalue weighted by molar-refractivity contribution is -0.135. The monoisotopic (exact) mass is 248 g/mol. The van der Waals surface area contributed by atoms with Gasteiger partial charge in [-0.1, -0.05) is 0 Å². The Labute approximate surface area is 107 Å². The first kappa shape index (κ1) is 11.7. The molecule has 0 spiro atoms. The van der Waals surface area contributed by atoms with Crippen LogP contribution in [0.4, 0.5) is 0 Å². The van der Waals surface area contributed by atoms with E-state index in [1.807, 2.05) is 17.3 Å². The van der Waals surface area contributed by atoms with Crippen molar-refractivity contribution in [3.8, 4) is 0 Å². The molecule has 0 radical (unpaired) electrons. The smallest absolute Gasteiger partial charge is 0.240 e. The molecular formula is C13H20N4O. The molecule has 0 saturated carbocycles. The standard InChI is InChI=1S/C13H20N4O/c1-10-3-2-4-11(15-10)13(18)17-8-7-16-6-5-14-12(16)9-17/h5-6,10-11,15H,2-4,7-9H2,1H3. The first-order valence-corrected chi connectivity index (χ1v) is 6.79. The number of piperidine rings is 1. The quantitative estimate of drug-likeness (QED) is 0.798. The van der Waals surface area contributed by atoms with E-state index in [0.717, 1.165) is 31.8 Å². The molecule has 1 aromatic rings. The van der Waals surface area contributed by atoms with Crippen molar-refractivity contribution in [2.24, 2.45) is 0 Å². The molecule has 1 amide bonds. The number of amides is 1. The fraction of sp³-hybridized carbons (Fsp3) is 0.692. The van der Waals surface area contributed by atoms with Crippen molar-refractivity contribution in [3.63, 3.8) is 0 Å². The van der Waals surface area contributed by atoms with Crippen LogP contribution in [0.5, 0.6) is 0 Å². The number of rotatable bonds is 1. The van der Waals surface area contributed by atoms with Gasteiger partial charge in [0.2, 0.25) is 5.91 Å². The average Bonchev–Trinajstić information content (AvgIpc) is 2.85. The number of hydrogen-bond acceptors (Lipinski definition) is 3. The average molecular weight is 248 g/mol. The van der Waals surface area contributed by atoms with Gasteiger partial charge in [-0.15, -0.1) is 0 Å². The molecule has 0 aromatic carbocycles. The maximum Gasteiger partial charge on any atom is 0.240 e. The Hall–Kier alpha value is -1.36. The van der Waals surface area contributed by atoms with E-state index in [2.05, 4.69) is 21.8 Å². The molecule has 3 heterocycles. The van der Waals surface area contributed by atoms with Crippen molar-refractivity contribution in [2.75, 3.05) is 6.54 Å². The Kier molecular flexibility index (Phi) is 3.07. The van der Waals surface area contributed by atoms with Crippen LogP contribution in [0.1, 0.15) is 32.0 Å². The third-order valence-corrected chi connectivity index (χ3v) is 3.97. The minimum Gasteiger partial charge on any atom is -0.332 e. The molecule has 5 nitrogen and oxygen atoms in total. The third-order valence-electron chi connectivity index (χ3n) is 3.97. The summed E-state index contributed by atoms with van der Waals surface area (Å²) in [5, 5.41) is 3.41. The van der Waals surface area contributed by atoms with Gasteiger partial charge < -0.3 is 14.8 Å². The largest absolute Gasteiger partial charge is 0.332 e. The minimum absolute atomic E-state index is 0.00950. The van der Waals surface area contributed by atoms with Crippen LogP contribution >= 0.6 is 0 Å². The molecule has 0 bridgehead atoms. The number of nitrogens with one attached hydrogen (secondary N) is 1. The second-order valence-electron chi connectivity index (χ2n) is 5.35. The summed E-state index contributed by atoms with van der Waals surface area (Å²) in [5.74, 6) is 1.24. The van der Waals surface area contributed by atoms with Crippen LogP contribution in [0, 0.1) is 0 Å². The van der Waals surface area contributed by atoms with E-state index in [1.165, 1.54) is 6.42 Å². The topological polar surface area (TPSA) is 50.2 Å². The Balaban J connectivity index is 1.67. The summed E-state index contributed by atoms with van der Waals surface area (Å²) in [6.45, 7) is 4.47. The van der Waals surface area contributed by atoms with Crippen LogP contribution in [0.3, 0.4) is 0 Å². The molecule has 1 N–H and O–H groups in total. The number of fused-ring (bicyclic) bond motifs is 1. The fourth-order valence-electron chi connectivity index (χ4n) is 2.92. The van der Waals surface area contributed by atoms with Gasteiger partial charge in [0.15, 0.2) is 0 Å². The molecule has 1 aromatic heterocycles. The highest BCUT2D eigenvalue weighted by atomic mass is 16.2. The normalized spacial score (nSPS) is 27.9. The summed E-state index contributed by atoms with van der Waals surface area (Å²) in [5.41, 5.74) is 0. The highest BCUT2D eigenvalue weighted by Gasteiger charge is 2.30. The van der Waals surface area contributed by atoms with E-state index in [9.17, 15) is 4.79 Å². The maximum absolute atomic E-state index is 12.5. The summed E-state index contributed by atoms with van der Waals surface area (Å²) in [7, 11) is 0. The number of nitrogens with zero attached hydrogens (tertiary/aromatic N) is 3. The van der Waals surface area contributed by atoms with Crippen molar-refractivity contribution in [3.05, 3.63) is 18.2 Å². The van der Waals surface area contributed by atoms with Crippen LogP contribution in [0.15, 0.2) is 12.4 Å². The second-order valence-corrected chi connectivity index (χ2v) is 5.35. The van der Waals surface area contributed by atoms with Crippen molar-refractivity contribution >= 4 is 5.91 Å².